The fourth-order valence-corrected chi connectivity index (χ4v) is 2.17. The predicted molar refractivity (Wildman–Crippen MR) is 76.8 cm³/mol. The van der Waals surface area contributed by atoms with E-state index in [0.29, 0.717) is 10.6 Å². The molecule has 96 valence electrons. The molecule has 0 saturated heterocycles. The number of nitrogens with zero attached hydrogens (tertiary/aromatic N) is 1. The van der Waals surface area contributed by atoms with Gasteiger partial charge < -0.3 is 5.11 Å². The Bertz CT molecular complexity index is 588. The summed E-state index contributed by atoms with van der Waals surface area (Å²) in [6, 6.07) is 10.8. The maximum atomic E-state index is 10.8. The lowest BCUT2D eigenvalue weighted by Gasteiger charge is -2.29. The zero-order valence-corrected chi connectivity index (χ0v) is 11.3. The summed E-state index contributed by atoms with van der Waals surface area (Å²) >= 11 is 5.87. The summed E-state index contributed by atoms with van der Waals surface area (Å²) in [5.74, 6) is 2.23. The van der Waals surface area contributed by atoms with E-state index in [1.54, 1.807) is 36.7 Å². The van der Waals surface area contributed by atoms with Crippen LogP contribution in [-0.2, 0) is 5.60 Å². The van der Waals surface area contributed by atoms with Gasteiger partial charge in [-0.3, -0.25) is 4.98 Å². The average molecular weight is 272 g/mol. The Labute approximate surface area is 118 Å². The molecule has 0 bridgehead atoms. The zero-order valence-electron chi connectivity index (χ0n) is 10.5. The third kappa shape index (κ3) is 2.63. The molecule has 1 N–H and O–H groups in total. The van der Waals surface area contributed by atoms with Crippen molar-refractivity contribution in [2.75, 3.05) is 0 Å². The largest absolute Gasteiger partial charge is 0.373 e. The van der Waals surface area contributed by atoms with Crippen LogP contribution in [0.2, 0.25) is 5.02 Å². The number of aliphatic hydroxyl groups is 1. The lowest BCUT2D eigenvalue weighted by Crippen LogP contribution is -2.30. The van der Waals surface area contributed by atoms with Crippen molar-refractivity contribution in [2.45, 2.75) is 18.4 Å². The van der Waals surface area contributed by atoms with Gasteiger partial charge in [0.05, 0.1) is 0 Å². The molecule has 0 aliphatic heterocycles. The number of aromatic nitrogens is 1. The maximum Gasteiger partial charge on any atom is 0.158 e. The Morgan fingerprint density at radius 2 is 2.00 bits per heavy atom. The third-order valence-corrected chi connectivity index (χ3v) is 3.57. The lowest BCUT2D eigenvalue weighted by atomic mass is 9.79. The minimum absolute atomic E-state index is 0.265. The van der Waals surface area contributed by atoms with Crippen molar-refractivity contribution in [3.8, 4) is 12.3 Å². The van der Waals surface area contributed by atoms with E-state index in [9.17, 15) is 5.11 Å². The molecule has 0 aliphatic carbocycles. The Balaban J connectivity index is 2.42. The summed E-state index contributed by atoms with van der Waals surface area (Å²) in [4.78, 5) is 4.01. The van der Waals surface area contributed by atoms with Crippen LogP contribution in [0.5, 0.6) is 0 Å². The minimum Gasteiger partial charge on any atom is -0.373 e. The van der Waals surface area contributed by atoms with Crippen molar-refractivity contribution in [1.29, 1.82) is 0 Å². The van der Waals surface area contributed by atoms with Gasteiger partial charge in [0, 0.05) is 28.9 Å². The second kappa shape index (κ2) is 5.44. The van der Waals surface area contributed by atoms with Crippen molar-refractivity contribution in [1.82, 2.24) is 4.98 Å². The molecule has 0 amide bonds. The topological polar surface area (TPSA) is 33.1 Å². The standard InChI is InChI=1S/C16H14ClNO/c1-3-16(19,14-5-4-10-18-11-14)12(2)13-6-8-15(17)9-7-13/h1,4-12,19H,2H3. The van der Waals surface area contributed by atoms with Crippen LogP contribution >= 0.6 is 11.6 Å². The van der Waals surface area contributed by atoms with Gasteiger partial charge in [0.15, 0.2) is 5.60 Å². The summed E-state index contributed by atoms with van der Waals surface area (Å²) in [7, 11) is 0. The first kappa shape index (κ1) is 13.6. The van der Waals surface area contributed by atoms with Crippen LogP contribution in [-0.4, -0.2) is 10.1 Å². The van der Waals surface area contributed by atoms with E-state index >= 15 is 0 Å². The van der Waals surface area contributed by atoms with Crippen LogP contribution in [0.4, 0.5) is 0 Å². The molecule has 2 unspecified atom stereocenters. The zero-order chi connectivity index (χ0) is 13.9. The first-order valence-electron chi connectivity index (χ1n) is 5.94. The molecule has 2 atom stereocenters. The monoisotopic (exact) mass is 271 g/mol. The number of rotatable bonds is 3. The van der Waals surface area contributed by atoms with Crippen molar-refractivity contribution in [2.24, 2.45) is 0 Å². The highest BCUT2D eigenvalue weighted by molar-refractivity contribution is 6.30. The van der Waals surface area contributed by atoms with Gasteiger partial charge in [-0.1, -0.05) is 42.6 Å². The Morgan fingerprint density at radius 3 is 2.53 bits per heavy atom. The van der Waals surface area contributed by atoms with E-state index in [1.807, 2.05) is 19.1 Å². The second-order valence-electron chi connectivity index (χ2n) is 4.43. The normalized spacial score (nSPS) is 15.3. The van der Waals surface area contributed by atoms with Gasteiger partial charge in [-0.25, -0.2) is 0 Å². The number of hydrogen-bond acceptors (Lipinski definition) is 2. The summed E-state index contributed by atoms with van der Waals surface area (Å²) in [6.45, 7) is 1.89. The molecule has 0 aliphatic rings. The summed E-state index contributed by atoms with van der Waals surface area (Å²) in [5.41, 5.74) is 0.149. The molecule has 2 rings (SSSR count). The van der Waals surface area contributed by atoms with E-state index in [4.69, 9.17) is 18.0 Å². The summed E-state index contributed by atoms with van der Waals surface area (Å²) in [6.07, 6.45) is 8.79. The number of benzene rings is 1. The molecule has 3 heteroatoms. The molecule has 0 spiro atoms. The predicted octanol–water partition coefficient (Wildman–Crippen LogP) is 3.36. The molecule has 0 fully saturated rings. The average Bonchev–Trinajstić information content (AvgIpc) is 2.47. The van der Waals surface area contributed by atoms with E-state index in [1.165, 1.54) is 0 Å². The van der Waals surface area contributed by atoms with Crippen LogP contribution in [0.1, 0.15) is 24.0 Å². The summed E-state index contributed by atoms with van der Waals surface area (Å²) in [5, 5.41) is 11.4. The molecule has 1 heterocycles. The highest BCUT2D eigenvalue weighted by Gasteiger charge is 2.34. The maximum absolute atomic E-state index is 10.8. The Morgan fingerprint density at radius 1 is 1.32 bits per heavy atom. The van der Waals surface area contributed by atoms with E-state index in [2.05, 4.69) is 10.9 Å². The highest BCUT2D eigenvalue weighted by Crippen LogP contribution is 2.36. The van der Waals surface area contributed by atoms with E-state index in [-0.39, 0.29) is 5.92 Å². The molecule has 2 nitrogen and oxygen atoms in total. The van der Waals surface area contributed by atoms with Crippen molar-refractivity contribution >= 4 is 11.6 Å². The van der Waals surface area contributed by atoms with Crippen LogP contribution in [0.25, 0.3) is 0 Å². The Hall–Kier alpha value is -1.82. The quantitative estimate of drug-likeness (QED) is 0.869. The van der Waals surface area contributed by atoms with Crippen LogP contribution in [0, 0.1) is 12.3 Å². The van der Waals surface area contributed by atoms with E-state index < -0.39 is 5.60 Å². The first-order chi connectivity index (χ1) is 9.08. The summed E-state index contributed by atoms with van der Waals surface area (Å²) < 4.78 is 0. The number of halogens is 1. The van der Waals surface area contributed by atoms with Gasteiger partial charge >= 0.3 is 0 Å². The van der Waals surface area contributed by atoms with E-state index in [0.717, 1.165) is 5.56 Å². The molecular weight excluding hydrogens is 258 g/mol. The molecule has 19 heavy (non-hydrogen) atoms. The SMILES string of the molecule is C#CC(O)(c1cccnc1)C(C)c1ccc(Cl)cc1. The van der Waals surface area contributed by atoms with Crippen LogP contribution in [0.3, 0.4) is 0 Å². The molecule has 1 aromatic heterocycles. The van der Waals surface area contributed by atoms with Gasteiger partial charge in [-0.2, -0.15) is 0 Å². The van der Waals surface area contributed by atoms with Gasteiger partial charge in [0.1, 0.15) is 0 Å². The number of hydrogen-bond donors (Lipinski definition) is 1. The van der Waals surface area contributed by atoms with Crippen LogP contribution < -0.4 is 0 Å². The molecule has 2 aromatic rings. The minimum atomic E-state index is -1.39. The van der Waals surface area contributed by atoms with Crippen LogP contribution in [0.15, 0.2) is 48.8 Å². The van der Waals surface area contributed by atoms with Gasteiger partial charge in [-0.05, 0) is 23.8 Å². The number of pyridine rings is 1. The van der Waals surface area contributed by atoms with Gasteiger partial charge in [-0.15, -0.1) is 6.42 Å². The Kier molecular flexibility index (Phi) is 3.90. The van der Waals surface area contributed by atoms with Crippen molar-refractivity contribution in [3.63, 3.8) is 0 Å². The lowest BCUT2D eigenvalue weighted by molar-refractivity contribution is 0.0743. The second-order valence-corrected chi connectivity index (χ2v) is 4.86. The smallest absolute Gasteiger partial charge is 0.158 e. The fraction of sp³-hybridized carbons (Fsp3) is 0.188. The molecular formula is C16H14ClNO. The molecule has 0 saturated carbocycles. The highest BCUT2D eigenvalue weighted by atomic mass is 35.5. The van der Waals surface area contributed by atoms with Crippen molar-refractivity contribution in [3.05, 3.63) is 64.9 Å². The first-order valence-corrected chi connectivity index (χ1v) is 6.32. The number of terminal acetylenes is 1. The third-order valence-electron chi connectivity index (χ3n) is 3.32. The molecule has 1 aromatic carbocycles. The fourth-order valence-electron chi connectivity index (χ4n) is 2.04. The van der Waals surface area contributed by atoms with Crippen molar-refractivity contribution < 1.29 is 5.11 Å². The molecule has 0 radical (unpaired) electrons. The van der Waals surface area contributed by atoms with Gasteiger partial charge in [0.25, 0.3) is 0 Å². The van der Waals surface area contributed by atoms with Gasteiger partial charge in [0.2, 0.25) is 0 Å².